The third-order valence-corrected chi connectivity index (χ3v) is 2.67. The van der Waals surface area contributed by atoms with Gasteiger partial charge in [-0.25, -0.2) is 0 Å². The van der Waals surface area contributed by atoms with Crippen LogP contribution in [-0.2, 0) is 4.79 Å². The van der Waals surface area contributed by atoms with E-state index in [-0.39, 0.29) is 5.54 Å². The van der Waals surface area contributed by atoms with Crippen LogP contribution in [0.5, 0.6) is 0 Å². The Labute approximate surface area is 85.4 Å². The summed E-state index contributed by atoms with van der Waals surface area (Å²) >= 11 is 0. The van der Waals surface area contributed by atoms with Gasteiger partial charge in [0.25, 0.3) is 0 Å². The molecule has 0 spiro atoms. The first kappa shape index (κ1) is 10.8. The summed E-state index contributed by atoms with van der Waals surface area (Å²) in [5.41, 5.74) is 2.21. The van der Waals surface area contributed by atoms with Crippen LogP contribution >= 0.6 is 0 Å². The van der Waals surface area contributed by atoms with Crippen LogP contribution in [0.15, 0.2) is 36.0 Å². The van der Waals surface area contributed by atoms with Gasteiger partial charge in [0.2, 0.25) is 6.41 Å². The van der Waals surface area contributed by atoms with E-state index in [1.807, 2.05) is 26.0 Å². The number of rotatable bonds is 5. The van der Waals surface area contributed by atoms with E-state index in [2.05, 4.69) is 18.0 Å². The fourth-order valence-corrected chi connectivity index (χ4v) is 1.67. The molecular formula is C12H17NO. The summed E-state index contributed by atoms with van der Waals surface area (Å²) in [5, 5.41) is 2.90. The molecule has 76 valence electrons. The van der Waals surface area contributed by atoms with Crippen LogP contribution in [0.25, 0.3) is 0 Å². The van der Waals surface area contributed by atoms with E-state index in [4.69, 9.17) is 0 Å². The monoisotopic (exact) mass is 191 g/mol. The van der Waals surface area contributed by atoms with Gasteiger partial charge in [-0.3, -0.25) is 4.79 Å². The Morgan fingerprint density at radius 1 is 1.50 bits per heavy atom. The number of amides is 1. The summed E-state index contributed by atoms with van der Waals surface area (Å²) in [6.45, 7) is 7.76. The molecule has 0 atom stereocenters. The minimum absolute atomic E-state index is 0.105. The van der Waals surface area contributed by atoms with Crippen molar-refractivity contribution >= 4 is 6.41 Å². The van der Waals surface area contributed by atoms with Crippen molar-refractivity contribution in [2.24, 2.45) is 0 Å². The van der Waals surface area contributed by atoms with Gasteiger partial charge in [0, 0.05) is 0 Å². The zero-order valence-electron chi connectivity index (χ0n) is 8.84. The summed E-state index contributed by atoms with van der Waals surface area (Å²) in [4.78, 5) is 10.5. The topological polar surface area (TPSA) is 29.1 Å². The predicted octanol–water partition coefficient (Wildman–Crippen LogP) is 2.34. The maximum atomic E-state index is 10.5. The van der Waals surface area contributed by atoms with E-state index < -0.39 is 0 Å². The lowest BCUT2D eigenvalue weighted by atomic mass is 9.99. The fourth-order valence-electron chi connectivity index (χ4n) is 1.67. The summed E-state index contributed by atoms with van der Waals surface area (Å²) in [7, 11) is 0. The third kappa shape index (κ3) is 1.95. The molecule has 14 heavy (non-hydrogen) atoms. The van der Waals surface area contributed by atoms with E-state index >= 15 is 0 Å². The second-order valence-electron chi connectivity index (χ2n) is 3.65. The minimum atomic E-state index is -0.105. The summed E-state index contributed by atoms with van der Waals surface area (Å²) < 4.78 is 0. The zero-order chi connectivity index (χ0) is 10.6. The highest BCUT2D eigenvalue weighted by Gasteiger charge is 2.45. The molecule has 0 aromatic heterocycles. The van der Waals surface area contributed by atoms with Gasteiger partial charge >= 0.3 is 0 Å². The van der Waals surface area contributed by atoms with Gasteiger partial charge < -0.3 is 5.32 Å². The lowest BCUT2D eigenvalue weighted by Gasteiger charge is -2.17. The van der Waals surface area contributed by atoms with Crippen molar-refractivity contribution in [1.82, 2.24) is 5.32 Å². The predicted molar refractivity (Wildman–Crippen MR) is 58.9 cm³/mol. The average Bonchev–Trinajstić information content (AvgIpc) is 2.94. The van der Waals surface area contributed by atoms with Crippen LogP contribution in [-0.4, -0.2) is 11.9 Å². The summed E-state index contributed by atoms with van der Waals surface area (Å²) in [5.74, 6) is 0. The molecule has 1 saturated carbocycles. The molecule has 0 aromatic rings. The summed E-state index contributed by atoms with van der Waals surface area (Å²) in [6.07, 6.45) is 8.72. The van der Waals surface area contributed by atoms with Crippen molar-refractivity contribution in [2.75, 3.05) is 0 Å². The van der Waals surface area contributed by atoms with Crippen molar-refractivity contribution in [3.05, 3.63) is 36.0 Å². The molecular weight excluding hydrogens is 174 g/mol. The van der Waals surface area contributed by atoms with Crippen molar-refractivity contribution < 1.29 is 4.79 Å². The number of hydrogen-bond acceptors (Lipinski definition) is 1. The molecule has 0 saturated heterocycles. The molecule has 1 aliphatic carbocycles. The van der Waals surface area contributed by atoms with Crippen LogP contribution in [0.1, 0.15) is 26.7 Å². The lowest BCUT2D eigenvalue weighted by molar-refractivity contribution is -0.110. The second-order valence-corrected chi connectivity index (χ2v) is 3.65. The first-order chi connectivity index (χ1) is 6.70. The molecule has 0 aliphatic heterocycles. The Bertz CT molecular complexity index is 295. The van der Waals surface area contributed by atoms with Crippen LogP contribution in [0, 0.1) is 0 Å². The standard InChI is InChI=1S/C12H17NO/c1-4-6-11(10(3)5-2)12(7-8-12)13-9-14/h4-6,9H,2,7-8H2,1,3H3,(H,13,14)/b6-4-,11-10+. The minimum Gasteiger partial charge on any atom is -0.349 e. The van der Waals surface area contributed by atoms with Crippen molar-refractivity contribution in [1.29, 1.82) is 0 Å². The molecule has 1 fully saturated rings. The van der Waals surface area contributed by atoms with Crippen molar-refractivity contribution in [3.8, 4) is 0 Å². The van der Waals surface area contributed by atoms with E-state index in [0.29, 0.717) is 0 Å². The number of carbonyl (C=O) groups is 1. The maximum Gasteiger partial charge on any atom is 0.207 e. The second kappa shape index (κ2) is 4.27. The Morgan fingerprint density at radius 2 is 2.14 bits per heavy atom. The van der Waals surface area contributed by atoms with Gasteiger partial charge in [-0.15, -0.1) is 0 Å². The molecule has 1 N–H and O–H groups in total. The van der Waals surface area contributed by atoms with Gasteiger partial charge in [-0.05, 0) is 37.8 Å². The van der Waals surface area contributed by atoms with Gasteiger partial charge in [0.05, 0.1) is 5.54 Å². The highest BCUT2D eigenvalue weighted by Crippen LogP contribution is 2.43. The first-order valence-corrected chi connectivity index (χ1v) is 4.88. The van der Waals surface area contributed by atoms with Gasteiger partial charge in [-0.1, -0.05) is 24.8 Å². The molecule has 0 bridgehead atoms. The molecule has 1 aliphatic rings. The molecule has 0 heterocycles. The Hall–Kier alpha value is -1.31. The molecule has 0 unspecified atom stereocenters. The van der Waals surface area contributed by atoms with Gasteiger partial charge in [0.15, 0.2) is 0 Å². The molecule has 2 nitrogen and oxygen atoms in total. The Kier molecular flexibility index (Phi) is 3.28. The van der Waals surface area contributed by atoms with Crippen molar-refractivity contribution in [3.63, 3.8) is 0 Å². The average molecular weight is 191 g/mol. The number of nitrogens with one attached hydrogen (secondary N) is 1. The highest BCUT2D eigenvalue weighted by atomic mass is 16.1. The molecule has 0 aromatic carbocycles. The third-order valence-electron chi connectivity index (χ3n) is 2.67. The van der Waals surface area contributed by atoms with E-state index in [0.717, 1.165) is 24.8 Å². The highest BCUT2D eigenvalue weighted by molar-refractivity contribution is 5.55. The van der Waals surface area contributed by atoms with Gasteiger partial charge in [0.1, 0.15) is 0 Å². The Morgan fingerprint density at radius 3 is 2.50 bits per heavy atom. The van der Waals surface area contributed by atoms with Gasteiger partial charge in [-0.2, -0.15) is 0 Å². The maximum absolute atomic E-state index is 10.5. The first-order valence-electron chi connectivity index (χ1n) is 4.88. The van der Waals surface area contributed by atoms with Crippen LogP contribution < -0.4 is 5.32 Å². The van der Waals surface area contributed by atoms with E-state index in [1.165, 1.54) is 5.57 Å². The normalized spacial score (nSPS) is 20.1. The van der Waals surface area contributed by atoms with Crippen LogP contribution in [0.3, 0.4) is 0 Å². The summed E-state index contributed by atoms with van der Waals surface area (Å²) in [6, 6.07) is 0. The zero-order valence-corrected chi connectivity index (χ0v) is 8.84. The van der Waals surface area contributed by atoms with Crippen LogP contribution in [0.4, 0.5) is 0 Å². The number of hydrogen-bond donors (Lipinski definition) is 1. The number of allylic oxidation sites excluding steroid dienone is 3. The lowest BCUT2D eigenvalue weighted by Crippen LogP contribution is -2.31. The molecule has 0 radical (unpaired) electrons. The Balaban J connectivity index is 2.99. The molecule has 1 rings (SSSR count). The SMILES string of the molecule is C=C/C(C)=C(\C=C/C)C1(NC=O)CC1. The molecule has 1 amide bonds. The quantitative estimate of drug-likeness (QED) is 0.524. The number of carbonyl (C=O) groups excluding carboxylic acids is 1. The largest absolute Gasteiger partial charge is 0.349 e. The fraction of sp³-hybridized carbons (Fsp3) is 0.417. The smallest absolute Gasteiger partial charge is 0.207 e. The molecule has 2 heteroatoms. The van der Waals surface area contributed by atoms with Crippen molar-refractivity contribution in [2.45, 2.75) is 32.2 Å². The van der Waals surface area contributed by atoms with E-state index in [9.17, 15) is 4.79 Å². The van der Waals surface area contributed by atoms with Crippen LogP contribution in [0.2, 0.25) is 0 Å². The van der Waals surface area contributed by atoms with E-state index in [1.54, 1.807) is 0 Å².